The van der Waals surface area contributed by atoms with Gasteiger partial charge in [-0.3, -0.25) is 4.79 Å². The van der Waals surface area contributed by atoms with Gasteiger partial charge in [0.05, 0.1) is 0 Å². The molecule has 1 aromatic rings. The standard InChI is InChI=1S/C10H8FO/c11-10-6-3-5-9(8-10)4-1-2-7-12/h1,3-6,8H,2H2. The van der Waals surface area contributed by atoms with Gasteiger partial charge in [0.15, 0.2) is 0 Å². The van der Waals surface area contributed by atoms with Crippen molar-refractivity contribution in [3.05, 3.63) is 41.7 Å². The van der Waals surface area contributed by atoms with E-state index in [0.717, 1.165) is 5.56 Å². The molecule has 0 spiro atoms. The van der Waals surface area contributed by atoms with Crippen LogP contribution >= 0.6 is 0 Å². The molecule has 0 fully saturated rings. The average molecular weight is 163 g/mol. The molecule has 12 heavy (non-hydrogen) atoms. The molecular formula is C10H8FO. The predicted molar refractivity (Wildman–Crippen MR) is 45.7 cm³/mol. The Morgan fingerprint density at radius 1 is 1.50 bits per heavy atom. The first-order chi connectivity index (χ1) is 5.83. The summed E-state index contributed by atoms with van der Waals surface area (Å²) in [5.41, 5.74) is 0.755. The Morgan fingerprint density at radius 3 is 3.00 bits per heavy atom. The first kappa shape index (κ1) is 8.65. The van der Waals surface area contributed by atoms with Crippen LogP contribution in [-0.4, -0.2) is 6.29 Å². The fourth-order valence-electron chi connectivity index (χ4n) is 0.853. The van der Waals surface area contributed by atoms with Crippen LogP contribution < -0.4 is 0 Å². The number of benzene rings is 1. The highest BCUT2D eigenvalue weighted by atomic mass is 19.1. The third kappa shape index (κ3) is 2.66. The van der Waals surface area contributed by atoms with Crippen molar-refractivity contribution in [1.82, 2.24) is 0 Å². The summed E-state index contributed by atoms with van der Waals surface area (Å²) < 4.78 is 12.6. The van der Waals surface area contributed by atoms with Crippen molar-refractivity contribution in [1.29, 1.82) is 0 Å². The summed E-state index contributed by atoms with van der Waals surface area (Å²) in [5, 5.41) is 0. The van der Waals surface area contributed by atoms with Gasteiger partial charge in [-0.15, -0.1) is 0 Å². The van der Waals surface area contributed by atoms with Crippen LogP contribution in [0.15, 0.2) is 30.3 Å². The minimum Gasteiger partial charge on any atom is -0.291 e. The third-order valence-corrected chi connectivity index (χ3v) is 1.36. The van der Waals surface area contributed by atoms with Crippen LogP contribution in [0.25, 0.3) is 6.08 Å². The summed E-state index contributed by atoms with van der Waals surface area (Å²) in [6, 6.07) is 6.18. The molecule has 0 bridgehead atoms. The van der Waals surface area contributed by atoms with Crippen LogP contribution in [0.4, 0.5) is 4.39 Å². The molecule has 1 nitrogen and oxygen atoms in total. The highest BCUT2D eigenvalue weighted by molar-refractivity contribution is 5.58. The molecule has 1 rings (SSSR count). The number of hydrogen-bond donors (Lipinski definition) is 0. The van der Waals surface area contributed by atoms with Gasteiger partial charge in [0, 0.05) is 6.42 Å². The predicted octanol–water partition coefficient (Wildman–Crippen LogP) is 2.34. The third-order valence-electron chi connectivity index (χ3n) is 1.36. The van der Waals surface area contributed by atoms with Gasteiger partial charge in [0.2, 0.25) is 6.29 Å². The van der Waals surface area contributed by atoms with Gasteiger partial charge >= 0.3 is 0 Å². The molecule has 2 heteroatoms. The lowest BCUT2D eigenvalue weighted by atomic mass is 10.2. The second-order valence-corrected chi connectivity index (χ2v) is 2.31. The van der Waals surface area contributed by atoms with Crippen LogP contribution in [0, 0.1) is 5.82 Å². The van der Waals surface area contributed by atoms with Crippen LogP contribution in [0.1, 0.15) is 12.0 Å². The maximum atomic E-state index is 12.6. The SMILES string of the molecule is O=[C]CC=Cc1cccc(F)c1. The molecule has 0 aliphatic heterocycles. The number of allylic oxidation sites excluding steroid dienone is 1. The average Bonchev–Trinajstić information content (AvgIpc) is 2.05. The highest BCUT2D eigenvalue weighted by Gasteiger charge is 1.88. The number of rotatable bonds is 3. The fourth-order valence-corrected chi connectivity index (χ4v) is 0.853. The van der Waals surface area contributed by atoms with E-state index in [-0.39, 0.29) is 12.2 Å². The van der Waals surface area contributed by atoms with Crippen LogP contribution in [0.2, 0.25) is 0 Å². The summed E-state index contributed by atoms with van der Waals surface area (Å²) in [6.45, 7) is 0. The van der Waals surface area contributed by atoms with E-state index >= 15 is 0 Å². The lowest BCUT2D eigenvalue weighted by Crippen LogP contribution is -1.75. The van der Waals surface area contributed by atoms with Crippen molar-refractivity contribution < 1.29 is 9.18 Å². The Bertz CT molecular complexity index is 292. The number of halogens is 1. The molecule has 0 saturated heterocycles. The number of hydrogen-bond acceptors (Lipinski definition) is 1. The second-order valence-electron chi connectivity index (χ2n) is 2.31. The van der Waals surface area contributed by atoms with Crippen LogP contribution in [0.3, 0.4) is 0 Å². The van der Waals surface area contributed by atoms with Gasteiger partial charge in [0.1, 0.15) is 5.82 Å². The minimum absolute atomic E-state index is 0.247. The lowest BCUT2D eigenvalue weighted by molar-refractivity contribution is 0.556. The van der Waals surface area contributed by atoms with E-state index in [1.807, 2.05) is 0 Å². The molecule has 0 amide bonds. The van der Waals surface area contributed by atoms with Crippen molar-refractivity contribution in [2.45, 2.75) is 6.42 Å². The first-order valence-electron chi connectivity index (χ1n) is 3.60. The lowest BCUT2D eigenvalue weighted by Gasteiger charge is -1.91. The van der Waals surface area contributed by atoms with Crippen molar-refractivity contribution >= 4 is 12.4 Å². The zero-order valence-corrected chi connectivity index (χ0v) is 6.46. The summed E-state index contributed by atoms with van der Waals surface area (Å²) in [5.74, 6) is -0.271. The van der Waals surface area contributed by atoms with Crippen LogP contribution in [0.5, 0.6) is 0 Å². The van der Waals surface area contributed by atoms with Crippen molar-refractivity contribution in [2.24, 2.45) is 0 Å². The largest absolute Gasteiger partial charge is 0.291 e. The van der Waals surface area contributed by atoms with Crippen LogP contribution in [-0.2, 0) is 4.79 Å². The zero-order valence-electron chi connectivity index (χ0n) is 6.46. The molecule has 0 heterocycles. The highest BCUT2D eigenvalue weighted by Crippen LogP contribution is 2.05. The molecule has 0 aliphatic carbocycles. The summed E-state index contributed by atoms with van der Waals surface area (Å²) in [4.78, 5) is 9.81. The molecule has 1 radical (unpaired) electrons. The molecule has 0 saturated carbocycles. The van der Waals surface area contributed by atoms with E-state index in [2.05, 4.69) is 0 Å². The number of carbonyl (C=O) groups excluding carboxylic acids is 1. The topological polar surface area (TPSA) is 17.1 Å². The fraction of sp³-hybridized carbons (Fsp3) is 0.100. The van der Waals surface area contributed by atoms with E-state index in [9.17, 15) is 9.18 Å². The van der Waals surface area contributed by atoms with E-state index in [1.165, 1.54) is 12.1 Å². The summed E-state index contributed by atoms with van der Waals surface area (Å²) in [6.07, 6.45) is 5.30. The Hall–Kier alpha value is -1.44. The normalized spacial score (nSPS) is 10.4. The molecule has 0 aromatic heterocycles. The van der Waals surface area contributed by atoms with Gasteiger partial charge in [-0.05, 0) is 17.7 Å². The molecule has 61 valence electrons. The maximum Gasteiger partial charge on any atom is 0.202 e. The zero-order chi connectivity index (χ0) is 8.81. The van der Waals surface area contributed by atoms with Crippen molar-refractivity contribution in [3.63, 3.8) is 0 Å². The quantitative estimate of drug-likeness (QED) is 0.668. The van der Waals surface area contributed by atoms with Gasteiger partial charge in [0.25, 0.3) is 0 Å². The minimum atomic E-state index is -0.271. The summed E-state index contributed by atoms with van der Waals surface area (Å²) >= 11 is 0. The van der Waals surface area contributed by atoms with Gasteiger partial charge in [-0.2, -0.15) is 0 Å². The monoisotopic (exact) mass is 163 g/mol. The molecule has 0 unspecified atom stereocenters. The first-order valence-corrected chi connectivity index (χ1v) is 3.60. The maximum absolute atomic E-state index is 12.6. The van der Waals surface area contributed by atoms with Crippen molar-refractivity contribution in [2.75, 3.05) is 0 Å². The summed E-state index contributed by atoms with van der Waals surface area (Å²) in [7, 11) is 0. The van der Waals surface area contributed by atoms with E-state index in [1.54, 1.807) is 30.6 Å². The van der Waals surface area contributed by atoms with Gasteiger partial charge < -0.3 is 0 Å². The van der Waals surface area contributed by atoms with Crippen molar-refractivity contribution in [3.8, 4) is 0 Å². The Balaban J connectivity index is 2.69. The van der Waals surface area contributed by atoms with Gasteiger partial charge in [-0.25, -0.2) is 4.39 Å². The Morgan fingerprint density at radius 2 is 2.33 bits per heavy atom. The molecule has 0 N–H and O–H groups in total. The molecule has 1 aromatic carbocycles. The molecule has 0 atom stereocenters. The molecular weight excluding hydrogens is 155 g/mol. The molecule has 0 aliphatic rings. The second kappa shape index (κ2) is 4.44. The van der Waals surface area contributed by atoms with E-state index in [0.29, 0.717) is 0 Å². The smallest absolute Gasteiger partial charge is 0.202 e. The van der Waals surface area contributed by atoms with Gasteiger partial charge in [-0.1, -0.05) is 24.3 Å². The Kier molecular flexibility index (Phi) is 3.20. The van der Waals surface area contributed by atoms with E-state index in [4.69, 9.17) is 0 Å². The Labute approximate surface area is 70.5 Å². The van der Waals surface area contributed by atoms with E-state index < -0.39 is 0 Å².